The zero-order chi connectivity index (χ0) is 33.5. The smallest absolute Gasteiger partial charge is 0.165 e. The summed E-state index contributed by atoms with van der Waals surface area (Å²) in [6.45, 7) is 0. The Balaban J connectivity index is 1.18. The molecule has 0 aliphatic heterocycles. The van der Waals surface area contributed by atoms with Crippen LogP contribution in [0.1, 0.15) is 0 Å². The van der Waals surface area contributed by atoms with Gasteiger partial charge in [0, 0.05) is 59.4 Å². The summed E-state index contributed by atoms with van der Waals surface area (Å²) in [6.07, 6.45) is 0. The zero-order valence-corrected chi connectivity index (χ0v) is 27.9. The molecule has 7 aromatic carbocycles. The maximum Gasteiger partial charge on any atom is 0.165 e. The molecular weight excluding hydrogens is 645 g/mol. The molecule has 5 nitrogen and oxygen atoms in total. The molecule has 11 rings (SSSR count). The van der Waals surface area contributed by atoms with E-state index in [4.69, 9.17) is 19.4 Å². The Morgan fingerprint density at radius 2 is 1.08 bits per heavy atom. The lowest BCUT2D eigenvalue weighted by Crippen LogP contribution is -2.00. The molecule has 0 radical (unpaired) electrons. The lowest BCUT2D eigenvalue weighted by Gasteiger charge is -2.09. The van der Waals surface area contributed by atoms with E-state index < -0.39 is 0 Å². The van der Waals surface area contributed by atoms with Gasteiger partial charge in [-0.05, 0) is 48.5 Å². The van der Waals surface area contributed by atoms with E-state index in [2.05, 4.69) is 114 Å². The molecule has 238 valence electrons. The summed E-state index contributed by atoms with van der Waals surface area (Å²) in [5.74, 6) is 1.90. The largest absolute Gasteiger partial charge is 0.456 e. The first kappa shape index (κ1) is 28.2. The fourth-order valence-electron chi connectivity index (χ4n) is 7.53. The van der Waals surface area contributed by atoms with Gasteiger partial charge in [-0.25, -0.2) is 15.0 Å². The highest BCUT2D eigenvalue weighted by atomic mass is 32.1. The molecule has 4 heterocycles. The zero-order valence-electron chi connectivity index (χ0n) is 27.1. The minimum atomic E-state index is 0.621. The van der Waals surface area contributed by atoms with Crippen molar-refractivity contribution < 1.29 is 4.42 Å². The number of fused-ring (bicyclic) bond motifs is 10. The van der Waals surface area contributed by atoms with Gasteiger partial charge in [-0.1, -0.05) is 109 Å². The van der Waals surface area contributed by atoms with E-state index in [9.17, 15) is 0 Å². The van der Waals surface area contributed by atoms with E-state index in [-0.39, 0.29) is 0 Å². The average Bonchev–Trinajstić information content (AvgIpc) is 3.88. The fourth-order valence-corrected chi connectivity index (χ4v) is 8.88. The normalized spacial score (nSPS) is 11.9. The van der Waals surface area contributed by atoms with E-state index in [1.165, 1.54) is 37.3 Å². The monoisotopic (exact) mass is 670 g/mol. The van der Waals surface area contributed by atoms with Crippen molar-refractivity contribution in [2.24, 2.45) is 0 Å². The van der Waals surface area contributed by atoms with Crippen molar-refractivity contribution in [3.05, 3.63) is 158 Å². The number of hydrogen-bond donors (Lipinski definition) is 0. The maximum atomic E-state index is 6.14. The van der Waals surface area contributed by atoms with E-state index in [0.717, 1.165) is 49.0 Å². The second kappa shape index (κ2) is 10.9. The summed E-state index contributed by atoms with van der Waals surface area (Å²) in [6, 6.07) is 54.8. The summed E-state index contributed by atoms with van der Waals surface area (Å²) >= 11 is 1.81. The third-order valence-corrected chi connectivity index (χ3v) is 11.1. The van der Waals surface area contributed by atoms with Crippen LogP contribution in [0.4, 0.5) is 0 Å². The number of aromatic nitrogens is 4. The van der Waals surface area contributed by atoms with Crippen molar-refractivity contribution >= 4 is 75.3 Å². The Hall–Kier alpha value is -6.63. The summed E-state index contributed by atoms with van der Waals surface area (Å²) in [5.41, 5.74) is 8.09. The van der Waals surface area contributed by atoms with Gasteiger partial charge in [0.1, 0.15) is 11.2 Å². The maximum absolute atomic E-state index is 6.14. The Bertz CT molecular complexity index is 3140. The molecule has 0 atom stereocenters. The first-order chi connectivity index (χ1) is 25.3. The van der Waals surface area contributed by atoms with Gasteiger partial charge in [0.25, 0.3) is 0 Å². The van der Waals surface area contributed by atoms with Crippen molar-refractivity contribution in [1.29, 1.82) is 0 Å². The predicted octanol–water partition coefficient (Wildman–Crippen LogP) is 12.2. The SMILES string of the molecule is c1ccc(-c2nc(-c3ccc4oc5ccccc5c4c3)nc(-c3cccc4c3sc3c4ccc4c5ccccc5n(-c5ccccc5)c43)n2)cc1. The van der Waals surface area contributed by atoms with Crippen LogP contribution in [-0.2, 0) is 0 Å². The molecule has 4 aromatic heterocycles. The third-order valence-electron chi connectivity index (χ3n) is 9.86. The van der Waals surface area contributed by atoms with Gasteiger partial charge in [0.15, 0.2) is 17.5 Å². The Morgan fingerprint density at radius 3 is 1.94 bits per heavy atom. The Labute approximate surface area is 295 Å². The standard InChI is InChI=1S/C45H26N4OS/c1-3-12-27(13-4-1)43-46-44(28-22-25-39-36(26-28)31-17-8-10-21-38(31)50-39)48-45(47-43)35-19-11-18-33-34-24-23-32-30-16-7-9-20-37(30)49(29-14-5-2-6-15-29)40(32)42(34)51-41(33)35/h1-26H. The van der Waals surface area contributed by atoms with E-state index >= 15 is 0 Å². The number of furan rings is 1. The quantitative estimate of drug-likeness (QED) is 0.187. The van der Waals surface area contributed by atoms with Gasteiger partial charge >= 0.3 is 0 Å². The van der Waals surface area contributed by atoms with E-state index in [1.54, 1.807) is 0 Å². The minimum Gasteiger partial charge on any atom is -0.456 e. The summed E-state index contributed by atoms with van der Waals surface area (Å²) < 4.78 is 10.9. The number of rotatable bonds is 4. The van der Waals surface area contributed by atoms with Gasteiger partial charge in [-0.2, -0.15) is 0 Å². The first-order valence-electron chi connectivity index (χ1n) is 16.9. The van der Waals surface area contributed by atoms with Crippen LogP contribution in [0.2, 0.25) is 0 Å². The molecule has 0 aliphatic rings. The molecule has 0 amide bonds. The lowest BCUT2D eigenvalue weighted by atomic mass is 10.1. The van der Waals surface area contributed by atoms with Gasteiger partial charge in [-0.15, -0.1) is 11.3 Å². The van der Waals surface area contributed by atoms with Crippen LogP contribution in [0.3, 0.4) is 0 Å². The van der Waals surface area contributed by atoms with Gasteiger partial charge < -0.3 is 8.98 Å². The Morgan fingerprint density at radius 1 is 0.431 bits per heavy atom. The topological polar surface area (TPSA) is 56.7 Å². The second-order valence-electron chi connectivity index (χ2n) is 12.8. The molecule has 51 heavy (non-hydrogen) atoms. The van der Waals surface area contributed by atoms with Crippen molar-refractivity contribution in [2.75, 3.05) is 0 Å². The molecule has 0 bridgehead atoms. The second-order valence-corrected chi connectivity index (χ2v) is 13.8. The van der Waals surface area contributed by atoms with E-state index in [0.29, 0.717) is 17.5 Å². The molecule has 0 unspecified atom stereocenters. The molecule has 6 heteroatoms. The molecule has 0 fully saturated rings. The van der Waals surface area contributed by atoms with Gasteiger partial charge in [0.05, 0.1) is 15.7 Å². The summed E-state index contributed by atoms with van der Waals surface area (Å²) in [5, 5.41) is 7.00. The van der Waals surface area contributed by atoms with Crippen LogP contribution in [0.5, 0.6) is 0 Å². The van der Waals surface area contributed by atoms with Gasteiger partial charge in [-0.3, -0.25) is 0 Å². The van der Waals surface area contributed by atoms with Crippen molar-refractivity contribution in [1.82, 2.24) is 19.5 Å². The number of hydrogen-bond acceptors (Lipinski definition) is 5. The van der Waals surface area contributed by atoms with Crippen LogP contribution >= 0.6 is 11.3 Å². The van der Waals surface area contributed by atoms with Crippen molar-refractivity contribution in [3.63, 3.8) is 0 Å². The highest BCUT2D eigenvalue weighted by molar-refractivity contribution is 7.27. The average molecular weight is 671 g/mol. The summed E-state index contributed by atoms with van der Waals surface area (Å²) in [4.78, 5) is 15.4. The van der Waals surface area contributed by atoms with Crippen LogP contribution in [0.15, 0.2) is 162 Å². The molecule has 0 spiro atoms. The van der Waals surface area contributed by atoms with Crippen LogP contribution in [0.25, 0.3) is 104 Å². The van der Waals surface area contributed by atoms with Gasteiger partial charge in [0.2, 0.25) is 0 Å². The molecule has 0 aliphatic carbocycles. The van der Waals surface area contributed by atoms with Crippen LogP contribution in [0, 0.1) is 0 Å². The number of benzene rings is 7. The molecule has 0 N–H and O–H groups in total. The number of para-hydroxylation sites is 3. The number of thiophene rings is 1. The first-order valence-corrected chi connectivity index (χ1v) is 17.8. The molecule has 0 saturated heterocycles. The molecular formula is C45H26N4OS. The number of nitrogens with zero attached hydrogens (tertiary/aromatic N) is 4. The predicted molar refractivity (Wildman–Crippen MR) is 211 cm³/mol. The molecule has 0 saturated carbocycles. The Kier molecular flexibility index (Phi) is 6.05. The van der Waals surface area contributed by atoms with Crippen LogP contribution < -0.4 is 0 Å². The highest BCUT2D eigenvalue weighted by Crippen LogP contribution is 2.45. The third kappa shape index (κ3) is 4.30. The minimum absolute atomic E-state index is 0.621. The van der Waals surface area contributed by atoms with Crippen molar-refractivity contribution in [2.45, 2.75) is 0 Å². The highest BCUT2D eigenvalue weighted by Gasteiger charge is 2.21. The van der Waals surface area contributed by atoms with Crippen LogP contribution in [-0.4, -0.2) is 19.5 Å². The molecule has 11 aromatic rings. The summed E-state index contributed by atoms with van der Waals surface area (Å²) in [7, 11) is 0. The lowest BCUT2D eigenvalue weighted by molar-refractivity contribution is 0.669. The van der Waals surface area contributed by atoms with E-state index in [1.807, 2.05) is 59.9 Å². The fraction of sp³-hybridized carbons (Fsp3) is 0. The van der Waals surface area contributed by atoms with Crippen molar-refractivity contribution in [3.8, 4) is 39.9 Å².